The molecule has 0 heterocycles. The predicted molar refractivity (Wildman–Crippen MR) is 47.7 cm³/mol. The average molecular weight is 166 g/mol. The van der Waals surface area contributed by atoms with E-state index in [0.717, 1.165) is 5.56 Å². The zero-order valence-corrected chi connectivity index (χ0v) is 7.40. The Hall–Kier alpha value is -0.860. The van der Waals surface area contributed by atoms with Gasteiger partial charge in [0.25, 0.3) is 0 Å². The Morgan fingerprint density at radius 3 is 2.17 bits per heavy atom. The Balaban J connectivity index is 2.80. The number of hydrogen-bond acceptors (Lipinski definition) is 2. The molecule has 2 heteroatoms. The summed E-state index contributed by atoms with van der Waals surface area (Å²) < 4.78 is 0. The molecule has 0 unspecified atom stereocenters. The minimum absolute atomic E-state index is 0.216. The van der Waals surface area contributed by atoms with Crippen molar-refractivity contribution in [2.75, 3.05) is 0 Å². The number of rotatable bonds is 3. The Morgan fingerprint density at radius 1 is 1.17 bits per heavy atom. The van der Waals surface area contributed by atoms with Crippen LogP contribution in [0.2, 0.25) is 0 Å². The summed E-state index contributed by atoms with van der Waals surface area (Å²) in [6, 6.07) is 9.70. The lowest BCUT2D eigenvalue weighted by atomic mass is 9.99. The van der Waals surface area contributed by atoms with Gasteiger partial charge >= 0.3 is 0 Å². The summed E-state index contributed by atoms with van der Waals surface area (Å²) in [5.41, 5.74) is 1.01. The molecule has 0 spiro atoms. The third-order valence-electron chi connectivity index (χ3n) is 1.85. The molecule has 1 rings (SSSR count). The highest BCUT2D eigenvalue weighted by atomic mass is 17.1. The quantitative estimate of drug-likeness (QED) is 0.552. The molecule has 1 aromatic rings. The monoisotopic (exact) mass is 166 g/mol. The van der Waals surface area contributed by atoms with Gasteiger partial charge in [-0.15, -0.1) is 0 Å². The molecular weight excluding hydrogens is 152 g/mol. The highest BCUT2D eigenvalue weighted by Gasteiger charge is 2.15. The SMILES string of the molecule is CC(C)[C@@H](OO)c1ccccc1. The minimum Gasteiger partial charge on any atom is -0.251 e. The van der Waals surface area contributed by atoms with E-state index < -0.39 is 0 Å². The van der Waals surface area contributed by atoms with Crippen molar-refractivity contribution in [3.05, 3.63) is 35.9 Å². The first kappa shape index (κ1) is 9.23. The molecule has 0 aromatic heterocycles. The van der Waals surface area contributed by atoms with Crippen LogP contribution in [0.5, 0.6) is 0 Å². The molecule has 0 saturated carbocycles. The maximum atomic E-state index is 8.65. The molecule has 1 atom stereocenters. The molecule has 12 heavy (non-hydrogen) atoms. The number of hydrogen-bond donors (Lipinski definition) is 1. The normalized spacial score (nSPS) is 13.3. The highest BCUT2D eigenvalue weighted by Crippen LogP contribution is 2.23. The first-order chi connectivity index (χ1) is 5.75. The summed E-state index contributed by atoms with van der Waals surface area (Å²) in [5, 5.41) is 8.65. The van der Waals surface area contributed by atoms with Crippen LogP contribution < -0.4 is 0 Å². The maximum absolute atomic E-state index is 8.65. The zero-order chi connectivity index (χ0) is 8.97. The van der Waals surface area contributed by atoms with Gasteiger partial charge in [0.2, 0.25) is 0 Å². The molecule has 0 amide bonds. The summed E-state index contributed by atoms with van der Waals surface area (Å²) >= 11 is 0. The van der Waals surface area contributed by atoms with Crippen LogP contribution in [0.1, 0.15) is 25.5 Å². The highest BCUT2D eigenvalue weighted by molar-refractivity contribution is 5.17. The van der Waals surface area contributed by atoms with Crippen molar-refractivity contribution >= 4 is 0 Å². The first-order valence-electron chi connectivity index (χ1n) is 4.11. The maximum Gasteiger partial charge on any atom is 0.120 e. The molecule has 0 saturated heterocycles. The van der Waals surface area contributed by atoms with Crippen LogP contribution >= 0.6 is 0 Å². The van der Waals surface area contributed by atoms with E-state index in [1.54, 1.807) is 0 Å². The lowest BCUT2D eigenvalue weighted by Crippen LogP contribution is -2.08. The second kappa shape index (κ2) is 4.24. The summed E-state index contributed by atoms with van der Waals surface area (Å²) in [6.45, 7) is 4.02. The average Bonchev–Trinajstić information content (AvgIpc) is 2.07. The third kappa shape index (κ3) is 2.06. The van der Waals surface area contributed by atoms with Gasteiger partial charge in [0, 0.05) is 0 Å². The smallest absolute Gasteiger partial charge is 0.120 e. The van der Waals surface area contributed by atoms with E-state index in [1.165, 1.54) is 0 Å². The van der Waals surface area contributed by atoms with Crippen LogP contribution in [-0.2, 0) is 4.89 Å². The number of benzene rings is 1. The van der Waals surface area contributed by atoms with Gasteiger partial charge in [-0.3, -0.25) is 5.26 Å². The van der Waals surface area contributed by atoms with Gasteiger partial charge < -0.3 is 0 Å². The van der Waals surface area contributed by atoms with Gasteiger partial charge in [-0.25, -0.2) is 4.89 Å². The van der Waals surface area contributed by atoms with Crippen LogP contribution in [0.4, 0.5) is 0 Å². The van der Waals surface area contributed by atoms with Crippen LogP contribution in [0.25, 0.3) is 0 Å². The van der Waals surface area contributed by atoms with Crippen molar-refractivity contribution in [2.24, 2.45) is 5.92 Å². The van der Waals surface area contributed by atoms with Gasteiger partial charge in [-0.1, -0.05) is 44.2 Å². The van der Waals surface area contributed by atoms with E-state index in [4.69, 9.17) is 5.26 Å². The lowest BCUT2D eigenvalue weighted by molar-refractivity contribution is -0.291. The molecule has 1 N–H and O–H groups in total. The van der Waals surface area contributed by atoms with Gasteiger partial charge in [0.05, 0.1) is 0 Å². The van der Waals surface area contributed by atoms with Crippen molar-refractivity contribution in [2.45, 2.75) is 20.0 Å². The van der Waals surface area contributed by atoms with E-state index in [2.05, 4.69) is 4.89 Å². The minimum atomic E-state index is -0.216. The van der Waals surface area contributed by atoms with E-state index in [9.17, 15) is 0 Å². The Morgan fingerprint density at radius 2 is 1.75 bits per heavy atom. The van der Waals surface area contributed by atoms with E-state index in [1.807, 2.05) is 44.2 Å². The molecule has 0 aliphatic rings. The molecule has 2 nitrogen and oxygen atoms in total. The third-order valence-corrected chi connectivity index (χ3v) is 1.85. The fraction of sp³-hybridized carbons (Fsp3) is 0.400. The van der Waals surface area contributed by atoms with Crippen LogP contribution in [0.15, 0.2) is 30.3 Å². The molecule has 0 fully saturated rings. The summed E-state index contributed by atoms with van der Waals surface area (Å²) in [5.74, 6) is 0.275. The van der Waals surface area contributed by atoms with Crippen molar-refractivity contribution in [3.8, 4) is 0 Å². The summed E-state index contributed by atoms with van der Waals surface area (Å²) in [7, 11) is 0. The summed E-state index contributed by atoms with van der Waals surface area (Å²) in [4.78, 5) is 4.40. The molecule has 0 bridgehead atoms. The molecule has 66 valence electrons. The Labute approximate surface area is 72.7 Å². The Kier molecular flexibility index (Phi) is 3.26. The predicted octanol–water partition coefficient (Wildman–Crippen LogP) is 2.87. The molecule has 0 aliphatic carbocycles. The van der Waals surface area contributed by atoms with Crippen LogP contribution in [0, 0.1) is 5.92 Å². The topological polar surface area (TPSA) is 29.5 Å². The van der Waals surface area contributed by atoms with Crippen molar-refractivity contribution in [3.63, 3.8) is 0 Å². The largest absolute Gasteiger partial charge is 0.251 e. The van der Waals surface area contributed by atoms with Gasteiger partial charge in [0.1, 0.15) is 6.10 Å². The van der Waals surface area contributed by atoms with Gasteiger partial charge in [-0.05, 0) is 11.5 Å². The van der Waals surface area contributed by atoms with E-state index in [-0.39, 0.29) is 12.0 Å². The van der Waals surface area contributed by atoms with Crippen LogP contribution in [0.3, 0.4) is 0 Å². The van der Waals surface area contributed by atoms with Gasteiger partial charge in [0.15, 0.2) is 0 Å². The molecule has 0 radical (unpaired) electrons. The van der Waals surface area contributed by atoms with Crippen LogP contribution in [-0.4, -0.2) is 5.26 Å². The summed E-state index contributed by atoms with van der Waals surface area (Å²) in [6.07, 6.45) is -0.216. The fourth-order valence-corrected chi connectivity index (χ4v) is 1.21. The lowest BCUT2D eigenvalue weighted by Gasteiger charge is -2.16. The van der Waals surface area contributed by atoms with E-state index in [0.29, 0.717) is 0 Å². The van der Waals surface area contributed by atoms with E-state index >= 15 is 0 Å². The Bertz CT molecular complexity index is 219. The molecular formula is C10H14O2. The van der Waals surface area contributed by atoms with Gasteiger partial charge in [-0.2, -0.15) is 0 Å². The van der Waals surface area contributed by atoms with Crippen molar-refractivity contribution in [1.29, 1.82) is 0 Å². The first-order valence-corrected chi connectivity index (χ1v) is 4.11. The standard InChI is InChI=1S/C10H14O2/c1-8(2)10(12-11)9-6-4-3-5-7-9/h3-8,10-11H,1-2H3/t10-/m1/s1. The van der Waals surface area contributed by atoms with Crippen molar-refractivity contribution in [1.82, 2.24) is 0 Å². The van der Waals surface area contributed by atoms with Crippen molar-refractivity contribution < 1.29 is 10.1 Å². The molecule has 1 aromatic carbocycles. The molecule has 0 aliphatic heterocycles. The second-order valence-corrected chi connectivity index (χ2v) is 3.18. The zero-order valence-electron chi connectivity index (χ0n) is 7.40. The second-order valence-electron chi connectivity index (χ2n) is 3.18. The fourth-order valence-electron chi connectivity index (χ4n) is 1.21.